The lowest BCUT2D eigenvalue weighted by Gasteiger charge is -2.07. The number of hydrazone groups is 1. The molecule has 1 amide bonds. The van der Waals surface area contributed by atoms with Gasteiger partial charge < -0.3 is 9.67 Å². The van der Waals surface area contributed by atoms with Gasteiger partial charge in [0.1, 0.15) is 5.75 Å². The molecule has 5 heteroatoms. The third kappa shape index (κ3) is 4.07. The molecular weight excluding hydrogens is 446 g/mol. The molecule has 5 aromatic carbocycles. The first kappa shape index (κ1) is 21.6. The van der Waals surface area contributed by atoms with Gasteiger partial charge in [-0.1, -0.05) is 78.9 Å². The SMILES string of the molecule is O=C(NN=Cc1cn(Cc2ccc3ccccc3c2)c2ccccc12)c1cc2ccccc2cc1O. The number of phenolic OH excluding ortho intramolecular Hbond substituents is 1. The lowest BCUT2D eigenvalue weighted by atomic mass is 10.1. The van der Waals surface area contributed by atoms with Crippen LogP contribution in [0.2, 0.25) is 0 Å². The predicted octanol–water partition coefficient (Wildman–Crippen LogP) is 6.47. The van der Waals surface area contributed by atoms with Gasteiger partial charge in [-0.05, 0) is 51.4 Å². The first-order valence-corrected chi connectivity index (χ1v) is 11.8. The van der Waals surface area contributed by atoms with Gasteiger partial charge in [-0.2, -0.15) is 5.10 Å². The van der Waals surface area contributed by atoms with Gasteiger partial charge in [0.05, 0.1) is 11.8 Å². The van der Waals surface area contributed by atoms with Crippen LogP contribution in [0.1, 0.15) is 21.5 Å². The summed E-state index contributed by atoms with van der Waals surface area (Å²) in [4.78, 5) is 12.7. The average Bonchev–Trinajstić information content (AvgIpc) is 3.25. The zero-order valence-electron chi connectivity index (χ0n) is 19.4. The van der Waals surface area contributed by atoms with E-state index in [1.54, 1.807) is 18.3 Å². The van der Waals surface area contributed by atoms with Crippen LogP contribution in [0.4, 0.5) is 0 Å². The van der Waals surface area contributed by atoms with Crippen LogP contribution in [0.3, 0.4) is 0 Å². The predicted molar refractivity (Wildman–Crippen MR) is 146 cm³/mol. The highest BCUT2D eigenvalue weighted by molar-refractivity contribution is 6.03. The van der Waals surface area contributed by atoms with E-state index in [1.165, 1.54) is 16.3 Å². The van der Waals surface area contributed by atoms with E-state index in [-0.39, 0.29) is 11.3 Å². The number of aromatic nitrogens is 1. The molecule has 0 atom stereocenters. The molecule has 1 heterocycles. The number of hydrogen-bond donors (Lipinski definition) is 2. The Bertz CT molecular complexity index is 1780. The lowest BCUT2D eigenvalue weighted by Crippen LogP contribution is -2.17. The molecule has 2 N–H and O–H groups in total. The number of fused-ring (bicyclic) bond motifs is 3. The van der Waals surface area contributed by atoms with Crippen LogP contribution in [-0.2, 0) is 6.54 Å². The minimum Gasteiger partial charge on any atom is -0.507 e. The molecule has 0 aliphatic carbocycles. The molecule has 0 spiro atoms. The summed E-state index contributed by atoms with van der Waals surface area (Å²) < 4.78 is 2.19. The Morgan fingerprint density at radius 2 is 1.47 bits per heavy atom. The molecule has 5 nitrogen and oxygen atoms in total. The molecule has 0 unspecified atom stereocenters. The van der Waals surface area contributed by atoms with Crippen molar-refractivity contribution in [3.05, 3.63) is 126 Å². The maximum Gasteiger partial charge on any atom is 0.275 e. The summed E-state index contributed by atoms with van der Waals surface area (Å²) in [5.74, 6) is -0.539. The van der Waals surface area contributed by atoms with E-state index in [9.17, 15) is 9.90 Å². The first-order valence-electron chi connectivity index (χ1n) is 11.8. The number of nitrogens with one attached hydrogen (secondary N) is 1. The van der Waals surface area contributed by atoms with Gasteiger partial charge in [0.25, 0.3) is 5.91 Å². The minimum absolute atomic E-state index is 0.0756. The lowest BCUT2D eigenvalue weighted by molar-refractivity contribution is 0.0952. The normalized spacial score (nSPS) is 11.6. The second kappa shape index (κ2) is 9.04. The number of nitrogens with zero attached hydrogens (tertiary/aromatic N) is 2. The second-order valence-corrected chi connectivity index (χ2v) is 8.83. The number of carbonyl (C=O) groups is 1. The molecule has 0 radical (unpaired) electrons. The molecule has 0 aliphatic heterocycles. The zero-order chi connectivity index (χ0) is 24.5. The van der Waals surface area contributed by atoms with Gasteiger partial charge in [0.15, 0.2) is 0 Å². The second-order valence-electron chi connectivity index (χ2n) is 8.83. The topological polar surface area (TPSA) is 66.6 Å². The number of para-hydroxylation sites is 1. The van der Waals surface area contributed by atoms with Gasteiger partial charge in [-0.25, -0.2) is 5.43 Å². The molecule has 0 fully saturated rings. The van der Waals surface area contributed by atoms with E-state index < -0.39 is 5.91 Å². The fourth-order valence-electron chi connectivity index (χ4n) is 4.67. The molecule has 6 rings (SSSR count). The van der Waals surface area contributed by atoms with Crippen molar-refractivity contribution in [2.24, 2.45) is 5.10 Å². The van der Waals surface area contributed by atoms with E-state index in [0.717, 1.165) is 33.8 Å². The van der Waals surface area contributed by atoms with Crippen molar-refractivity contribution in [3.8, 4) is 5.75 Å². The van der Waals surface area contributed by atoms with Crippen molar-refractivity contribution in [1.29, 1.82) is 0 Å². The molecule has 36 heavy (non-hydrogen) atoms. The quantitative estimate of drug-likeness (QED) is 0.225. The molecule has 1 aromatic heterocycles. The first-order chi connectivity index (χ1) is 17.7. The van der Waals surface area contributed by atoms with E-state index in [0.29, 0.717) is 0 Å². The van der Waals surface area contributed by atoms with Gasteiger partial charge in [-0.15, -0.1) is 0 Å². The highest BCUT2D eigenvalue weighted by Crippen LogP contribution is 2.25. The zero-order valence-corrected chi connectivity index (χ0v) is 19.4. The summed E-state index contributed by atoms with van der Waals surface area (Å²) in [6.45, 7) is 0.719. The maximum atomic E-state index is 12.7. The number of hydrogen-bond acceptors (Lipinski definition) is 3. The minimum atomic E-state index is -0.464. The molecule has 0 saturated heterocycles. The Morgan fingerprint density at radius 1 is 0.806 bits per heavy atom. The fourth-order valence-corrected chi connectivity index (χ4v) is 4.67. The summed E-state index contributed by atoms with van der Waals surface area (Å²) >= 11 is 0. The molecule has 174 valence electrons. The van der Waals surface area contributed by atoms with E-state index in [4.69, 9.17) is 0 Å². The average molecular weight is 470 g/mol. The monoisotopic (exact) mass is 469 g/mol. The molecule has 0 bridgehead atoms. The van der Waals surface area contributed by atoms with Crippen molar-refractivity contribution in [3.63, 3.8) is 0 Å². The summed E-state index contributed by atoms with van der Waals surface area (Å²) in [5, 5.41) is 19.8. The Kier molecular flexibility index (Phi) is 5.43. The van der Waals surface area contributed by atoms with Crippen LogP contribution in [0, 0.1) is 0 Å². The third-order valence-electron chi connectivity index (χ3n) is 6.46. The number of carbonyl (C=O) groups excluding carboxylic acids is 1. The van der Waals surface area contributed by atoms with E-state index in [2.05, 4.69) is 57.6 Å². The summed E-state index contributed by atoms with van der Waals surface area (Å²) in [5.41, 5.74) is 5.94. The standard InChI is InChI=1S/C31H23N3O2/c35-30-17-25-10-4-3-9-24(25)16-28(30)31(36)33-32-18-26-20-34(29-12-6-5-11-27(26)29)19-21-13-14-22-7-1-2-8-23(22)15-21/h1-18,20,35H,19H2,(H,33,36). The van der Waals surface area contributed by atoms with Gasteiger partial charge in [0, 0.05) is 29.2 Å². The van der Waals surface area contributed by atoms with Crippen molar-refractivity contribution in [2.45, 2.75) is 6.54 Å². The van der Waals surface area contributed by atoms with E-state index in [1.807, 2.05) is 54.7 Å². The molecule has 0 saturated carbocycles. The van der Waals surface area contributed by atoms with Crippen LogP contribution in [0.5, 0.6) is 5.75 Å². The van der Waals surface area contributed by atoms with Crippen LogP contribution in [0.15, 0.2) is 114 Å². The molecule has 6 aromatic rings. The van der Waals surface area contributed by atoms with Crippen molar-refractivity contribution < 1.29 is 9.90 Å². The van der Waals surface area contributed by atoms with Gasteiger partial charge in [-0.3, -0.25) is 4.79 Å². The van der Waals surface area contributed by atoms with Crippen LogP contribution < -0.4 is 5.43 Å². The van der Waals surface area contributed by atoms with Crippen LogP contribution >= 0.6 is 0 Å². The number of amides is 1. The van der Waals surface area contributed by atoms with Crippen molar-refractivity contribution in [2.75, 3.05) is 0 Å². The number of rotatable bonds is 5. The molecular formula is C31H23N3O2. The Hall–Kier alpha value is -4.90. The van der Waals surface area contributed by atoms with Gasteiger partial charge in [0.2, 0.25) is 0 Å². The fraction of sp³-hybridized carbons (Fsp3) is 0.0323. The number of aromatic hydroxyl groups is 1. The third-order valence-corrected chi connectivity index (χ3v) is 6.46. The smallest absolute Gasteiger partial charge is 0.275 e. The molecule has 0 aliphatic rings. The largest absolute Gasteiger partial charge is 0.507 e. The van der Waals surface area contributed by atoms with Crippen LogP contribution in [-0.4, -0.2) is 21.8 Å². The Morgan fingerprint density at radius 3 is 2.28 bits per heavy atom. The summed E-state index contributed by atoms with van der Waals surface area (Å²) in [6, 6.07) is 33.8. The number of benzene rings is 5. The Labute approximate surface area is 207 Å². The van der Waals surface area contributed by atoms with Gasteiger partial charge >= 0.3 is 0 Å². The summed E-state index contributed by atoms with van der Waals surface area (Å²) in [7, 11) is 0. The van der Waals surface area contributed by atoms with Crippen molar-refractivity contribution in [1.82, 2.24) is 9.99 Å². The highest BCUT2D eigenvalue weighted by atomic mass is 16.3. The maximum absolute atomic E-state index is 12.7. The van der Waals surface area contributed by atoms with E-state index >= 15 is 0 Å². The van der Waals surface area contributed by atoms with Crippen molar-refractivity contribution >= 4 is 44.6 Å². The highest BCUT2D eigenvalue weighted by Gasteiger charge is 2.12. The number of phenols is 1. The summed E-state index contributed by atoms with van der Waals surface area (Å²) in [6.07, 6.45) is 3.69. The Balaban J connectivity index is 1.26. The van der Waals surface area contributed by atoms with Crippen LogP contribution in [0.25, 0.3) is 32.4 Å².